The van der Waals surface area contributed by atoms with E-state index in [0.717, 1.165) is 0 Å². The van der Waals surface area contributed by atoms with Crippen LogP contribution in [0.15, 0.2) is 11.6 Å². The summed E-state index contributed by atoms with van der Waals surface area (Å²) in [5, 5.41) is 35.4. The van der Waals surface area contributed by atoms with Crippen molar-refractivity contribution in [1.82, 2.24) is 0 Å². The monoisotopic (exact) mass is 183 g/mol. The SMILES string of the molecule is [2H]C1(C(C#N)(C#N)C(C#N)C#N)C=C1C. The van der Waals surface area contributed by atoms with Crippen LogP contribution in [0.3, 0.4) is 0 Å². The molecule has 0 saturated carbocycles. The van der Waals surface area contributed by atoms with E-state index < -0.39 is 17.2 Å². The molecule has 4 heteroatoms. The Labute approximate surface area is 83.3 Å². The van der Waals surface area contributed by atoms with Gasteiger partial charge in [0.05, 0.1) is 24.3 Å². The normalized spacial score (nSPS) is 24.7. The van der Waals surface area contributed by atoms with Crippen molar-refractivity contribution >= 4 is 0 Å². The Bertz CT molecular complexity index is 465. The largest absolute Gasteiger partial charge is 0.197 e. The lowest BCUT2D eigenvalue weighted by Gasteiger charge is -2.18. The molecule has 66 valence electrons. The number of hydrogen-bond acceptors (Lipinski definition) is 4. The molecule has 1 unspecified atom stereocenters. The molecule has 1 aliphatic carbocycles. The third-order valence-electron chi connectivity index (χ3n) is 2.17. The van der Waals surface area contributed by atoms with Gasteiger partial charge in [0.15, 0.2) is 11.3 Å². The molecule has 4 nitrogen and oxygen atoms in total. The molecule has 14 heavy (non-hydrogen) atoms. The number of rotatable bonds is 2. The fourth-order valence-electron chi connectivity index (χ4n) is 1.26. The van der Waals surface area contributed by atoms with Gasteiger partial charge in [-0.15, -0.1) is 0 Å². The third-order valence-corrected chi connectivity index (χ3v) is 2.17. The minimum absolute atomic E-state index is 0.543. The van der Waals surface area contributed by atoms with Gasteiger partial charge < -0.3 is 0 Å². The second kappa shape index (κ2) is 3.21. The molecule has 0 aliphatic heterocycles. The molecule has 0 bridgehead atoms. The number of nitrogens with zero attached hydrogens (tertiary/aromatic N) is 4. The predicted molar refractivity (Wildman–Crippen MR) is 45.6 cm³/mol. The van der Waals surface area contributed by atoms with Crippen LogP contribution in [-0.4, -0.2) is 0 Å². The van der Waals surface area contributed by atoms with Crippen molar-refractivity contribution in [3.8, 4) is 24.3 Å². The average molecular weight is 183 g/mol. The summed E-state index contributed by atoms with van der Waals surface area (Å²) in [4.78, 5) is 0. The van der Waals surface area contributed by atoms with Crippen LogP contribution in [-0.2, 0) is 0 Å². The molecule has 0 heterocycles. The van der Waals surface area contributed by atoms with Crippen LogP contribution in [0.2, 0.25) is 0 Å². The van der Waals surface area contributed by atoms with Crippen molar-refractivity contribution in [2.75, 3.05) is 0 Å². The zero-order valence-corrected chi connectivity index (χ0v) is 7.44. The summed E-state index contributed by atoms with van der Waals surface area (Å²) in [7, 11) is 0. The van der Waals surface area contributed by atoms with E-state index in [2.05, 4.69) is 0 Å². The zero-order chi connectivity index (χ0) is 11.7. The summed E-state index contributed by atoms with van der Waals surface area (Å²) in [6.07, 6.45) is 1.42. The molecular weight excluding hydrogens is 176 g/mol. The van der Waals surface area contributed by atoms with Crippen LogP contribution >= 0.6 is 0 Å². The third kappa shape index (κ3) is 1.11. The molecule has 0 radical (unpaired) electrons. The molecule has 1 aliphatic rings. The van der Waals surface area contributed by atoms with Crippen LogP contribution in [0.5, 0.6) is 0 Å². The molecule has 0 fully saturated rings. The number of nitriles is 4. The van der Waals surface area contributed by atoms with Gasteiger partial charge in [-0.3, -0.25) is 0 Å². The van der Waals surface area contributed by atoms with E-state index in [1.54, 1.807) is 31.2 Å². The van der Waals surface area contributed by atoms with Gasteiger partial charge in [-0.05, 0) is 6.92 Å². The summed E-state index contributed by atoms with van der Waals surface area (Å²) in [6.45, 7) is 1.60. The van der Waals surface area contributed by atoms with Gasteiger partial charge in [0.25, 0.3) is 0 Å². The highest BCUT2D eigenvalue weighted by molar-refractivity contribution is 5.43. The minimum Gasteiger partial charge on any atom is -0.197 e. The Balaban J connectivity index is 3.28. The topological polar surface area (TPSA) is 95.2 Å². The van der Waals surface area contributed by atoms with Gasteiger partial charge in [-0.1, -0.05) is 11.6 Å². The maximum Gasteiger partial charge on any atom is 0.182 e. The van der Waals surface area contributed by atoms with Gasteiger partial charge in [0.1, 0.15) is 0 Å². The Kier molecular flexibility index (Phi) is 1.91. The lowest BCUT2D eigenvalue weighted by Crippen LogP contribution is -2.29. The van der Waals surface area contributed by atoms with E-state index in [0.29, 0.717) is 5.57 Å². The van der Waals surface area contributed by atoms with Gasteiger partial charge in [0.2, 0.25) is 0 Å². The van der Waals surface area contributed by atoms with Crippen molar-refractivity contribution in [3.63, 3.8) is 0 Å². The lowest BCUT2D eigenvalue weighted by atomic mass is 9.73. The van der Waals surface area contributed by atoms with Gasteiger partial charge in [0, 0.05) is 7.26 Å². The summed E-state index contributed by atoms with van der Waals surface area (Å²) in [6, 6.07) is 6.51. The Morgan fingerprint density at radius 1 is 1.36 bits per heavy atom. The number of hydrogen-bond donors (Lipinski definition) is 0. The number of allylic oxidation sites excluding steroid dienone is 2. The Morgan fingerprint density at radius 3 is 2.00 bits per heavy atom. The standard InChI is InChI=1S/C10H6N4/c1-7-2-9(7)10(5-13,6-14)8(3-11)4-12/h2,8-9H,1H3/i9D. The maximum atomic E-state index is 8.97. The van der Waals surface area contributed by atoms with E-state index >= 15 is 0 Å². The lowest BCUT2D eigenvalue weighted by molar-refractivity contribution is 0.413. The predicted octanol–water partition coefficient (Wildman–Crippen LogP) is 1.26. The Hall–Kier alpha value is -2.30. The minimum atomic E-state index is -1.92. The van der Waals surface area contributed by atoms with Crippen molar-refractivity contribution in [2.24, 2.45) is 17.2 Å². The smallest absolute Gasteiger partial charge is 0.182 e. The van der Waals surface area contributed by atoms with Crippen LogP contribution in [0.1, 0.15) is 8.29 Å². The Morgan fingerprint density at radius 2 is 1.79 bits per heavy atom. The first-order chi connectivity index (χ1) is 7.02. The van der Waals surface area contributed by atoms with E-state index in [1.807, 2.05) is 0 Å². The fraction of sp³-hybridized carbons (Fsp3) is 0.400. The van der Waals surface area contributed by atoms with E-state index in [9.17, 15) is 0 Å². The second-order valence-electron chi connectivity index (χ2n) is 2.96. The van der Waals surface area contributed by atoms with E-state index in [1.165, 1.54) is 6.08 Å². The average Bonchev–Trinajstić information content (AvgIpc) is 2.84. The highest BCUT2D eigenvalue weighted by Gasteiger charge is 2.52. The molecule has 0 amide bonds. The van der Waals surface area contributed by atoms with Crippen LogP contribution < -0.4 is 0 Å². The summed E-state index contributed by atoms with van der Waals surface area (Å²) in [5.41, 5.74) is -1.37. The summed E-state index contributed by atoms with van der Waals surface area (Å²) in [5.74, 6) is -2.90. The highest BCUT2D eigenvalue weighted by atomic mass is 14.5. The van der Waals surface area contributed by atoms with Crippen LogP contribution in [0.4, 0.5) is 0 Å². The molecule has 0 aromatic rings. The molecule has 1 rings (SSSR count). The van der Waals surface area contributed by atoms with Crippen LogP contribution in [0, 0.1) is 62.6 Å². The second-order valence-corrected chi connectivity index (χ2v) is 2.96. The van der Waals surface area contributed by atoms with E-state index in [4.69, 9.17) is 22.4 Å². The fourth-order valence-corrected chi connectivity index (χ4v) is 1.26. The molecule has 0 saturated heterocycles. The molecular formula is C10H6N4. The van der Waals surface area contributed by atoms with Gasteiger partial charge in [-0.2, -0.15) is 21.0 Å². The first-order valence-corrected chi connectivity index (χ1v) is 3.84. The van der Waals surface area contributed by atoms with Gasteiger partial charge >= 0.3 is 0 Å². The highest BCUT2D eigenvalue weighted by Crippen LogP contribution is 2.47. The first-order valence-electron chi connectivity index (χ1n) is 4.34. The van der Waals surface area contributed by atoms with Gasteiger partial charge in [-0.25, -0.2) is 0 Å². The molecule has 1 atom stereocenters. The first kappa shape index (κ1) is 8.31. The van der Waals surface area contributed by atoms with Crippen molar-refractivity contribution in [1.29, 1.82) is 21.0 Å². The summed E-state index contributed by atoms with van der Waals surface area (Å²) < 4.78 is 7.85. The summed E-state index contributed by atoms with van der Waals surface area (Å²) >= 11 is 0. The molecule has 0 N–H and O–H groups in total. The van der Waals surface area contributed by atoms with Crippen molar-refractivity contribution < 1.29 is 1.37 Å². The molecule has 0 aromatic heterocycles. The van der Waals surface area contributed by atoms with E-state index in [-0.39, 0.29) is 0 Å². The zero-order valence-electron chi connectivity index (χ0n) is 8.44. The molecule has 0 spiro atoms. The quantitative estimate of drug-likeness (QED) is 0.602. The van der Waals surface area contributed by atoms with Crippen LogP contribution in [0.25, 0.3) is 0 Å². The van der Waals surface area contributed by atoms with Crippen molar-refractivity contribution in [3.05, 3.63) is 11.6 Å². The maximum absolute atomic E-state index is 8.97. The molecule has 0 aromatic carbocycles. The van der Waals surface area contributed by atoms with Crippen molar-refractivity contribution in [2.45, 2.75) is 6.92 Å².